The summed E-state index contributed by atoms with van der Waals surface area (Å²) in [4.78, 5) is 0. The van der Waals surface area contributed by atoms with Crippen molar-refractivity contribution in [3.8, 4) is 5.69 Å². The van der Waals surface area contributed by atoms with Gasteiger partial charge >= 0.3 is 6.18 Å². The van der Waals surface area contributed by atoms with Crippen molar-refractivity contribution in [1.82, 2.24) is 9.78 Å². The van der Waals surface area contributed by atoms with Gasteiger partial charge in [0.05, 0.1) is 21.0 Å². The standard InChI is InChI=1S/C10H6F3IN2/c11-10(12,13)7-1-3-9(4-2-7)16-6-8(14)5-15-16/h1-6H. The Morgan fingerprint density at radius 3 is 2.19 bits per heavy atom. The highest BCUT2D eigenvalue weighted by molar-refractivity contribution is 14.1. The number of alkyl halides is 3. The van der Waals surface area contributed by atoms with E-state index < -0.39 is 11.7 Å². The molecule has 0 saturated carbocycles. The minimum Gasteiger partial charge on any atom is -0.240 e. The minimum atomic E-state index is -4.29. The Labute approximate surface area is 103 Å². The molecule has 0 aliphatic rings. The van der Waals surface area contributed by atoms with Gasteiger partial charge in [0.15, 0.2) is 0 Å². The molecular weight excluding hydrogens is 332 g/mol. The molecule has 0 aliphatic carbocycles. The van der Waals surface area contributed by atoms with Crippen molar-refractivity contribution in [1.29, 1.82) is 0 Å². The molecule has 0 spiro atoms. The first-order valence-corrected chi connectivity index (χ1v) is 5.42. The molecule has 1 aromatic carbocycles. The summed E-state index contributed by atoms with van der Waals surface area (Å²) in [6.07, 6.45) is -0.918. The van der Waals surface area contributed by atoms with Crippen molar-refractivity contribution in [2.24, 2.45) is 0 Å². The van der Waals surface area contributed by atoms with Crippen molar-refractivity contribution in [2.45, 2.75) is 6.18 Å². The zero-order chi connectivity index (χ0) is 11.8. The summed E-state index contributed by atoms with van der Waals surface area (Å²) >= 11 is 2.08. The van der Waals surface area contributed by atoms with E-state index in [0.717, 1.165) is 15.7 Å². The second-order valence-electron chi connectivity index (χ2n) is 3.15. The van der Waals surface area contributed by atoms with E-state index in [4.69, 9.17) is 0 Å². The normalized spacial score (nSPS) is 11.8. The van der Waals surface area contributed by atoms with Gasteiger partial charge in [0.2, 0.25) is 0 Å². The van der Waals surface area contributed by atoms with Gasteiger partial charge in [-0.15, -0.1) is 0 Å². The highest BCUT2D eigenvalue weighted by Crippen LogP contribution is 2.29. The topological polar surface area (TPSA) is 17.8 Å². The van der Waals surface area contributed by atoms with E-state index in [-0.39, 0.29) is 0 Å². The zero-order valence-electron chi connectivity index (χ0n) is 7.87. The molecule has 0 unspecified atom stereocenters. The van der Waals surface area contributed by atoms with Gasteiger partial charge < -0.3 is 0 Å². The van der Waals surface area contributed by atoms with Gasteiger partial charge in [0.25, 0.3) is 0 Å². The van der Waals surface area contributed by atoms with E-state index >= 15 is 0 Å². The summed E-state index contributed by atoms with van der Waals surface area (Å²) in [5.74, 6) is 0. The largest absolute Gasteiger partial charge is 0.416 e. The lowest BCUT2D eigenvalue weighted by Crippen LogP contribution is -2.05. The third-order valence-corrected chi connectivity index (χ3v) is 2.57. The maximum Gasteiger partial charge on any atom is 0.416 e. The first-order valence-electron chi connectivity index (χ1n) is 4.34. The summed E-state index contributed by atoms with van der Waals surface area (Å²) in [7, 11) is 0. The number of hydrogen-bond acceptors (Lipinski definition) is 1. The van der Waals surface area contributed by atoms with E-state index in [1.54, 1.807) is 12.4 Å². The van der Waals surface area contributed by atoms with Crippen molar-refractivity contribution in [2.75, 3.05) is 0 Å². The van der Waals surface area contributed by atoms with Gasteiger partial charge in [-0.05, 0) is 46.9 Å². The average Bonchev–Trinajstić information content (AvgIpc) is 2.64. The van der Waals surface area contributed by atoms with E-state index in [2.05, 4.69) is 27.7 Å². The molecule has 84 valence electrons. The molecule has 1 heterocycles. The van der Waals surface area contributed by atoms with Crippen molar-refractivity contribution in [3.63, 3.8) is 0 Å². The van der Waals surface area contributed by atoms with Crippen LogP contribution >= 0.6 is 22.6 Å². The summed E-state index contributed by atoms with van der Waals surface area (Å²) < 4.78 is 39.4. The van der Waals surface area contributed by atoms with E-state index in [0.29, 0.717) is 5.69 Å². The third-order valence-electron chi connectivity index (χ3n) is 2.01. The van der Waals surface area contributed by atoms with Gasteiger partial charge in [-0.3, -0.25) is 0 Å². The molecule has 0 atom stereocenters. The Morgan fingerprint density at radius 1 is 1.12 bits per heavy atom. The number of aromatic nitrogens is 2. The molecule has 0 amide bonds. The number of halogens is 4. The lowest BCUT2D eigenvalue weighted by atomic mass is 10.2. The molecule has 1 aromatic heterocycles. The van der Waals surface area contributed by atoms with Gasteiger partial charge in [-0.2, -0.15) is 18.3 Å². The lowest BCUT2D eigenvalue weighted by Gasteiger charge is -2.07. The molecule has 0 N–H and O–H groups in total. The molecule has 2 nitrogen and oxygen atoms in total. The quantitative estimate of drug-likeness (QED) is 0.728. The molecule has 0 bridgehead atoms. The van der Waals surface area contributed by atoms with Crippen LogP contribution in [0.1, 0.15) is 5.56 Å². The molecule has 0 saturated heterocycles. The monoisotopic (exact) mass is 338 g/mol. The summed E-state index contributed by atoms with van der Waals surface area (Å²) in [6, 6.07) is 4.88. The first-order chi connectivity index (χ1) is 7.47. The summed E-state index contributed by atoms with van der Waals surface area (Å²) in [6.45, 7) is 0. The predicted octanol–water partition coefficient (Wildman–Crippen LogP) is 3.50. The average molecular weight is 338 g/mol. The Kier molecular flexibility index (Phi) is 2.92. The van der Waals surface area contributed by atoms with E-state index in [9.17, 15) is 13.2 Å². The molecule has 2 rings (SSSR count). The molecular formula is C10H6F3IN2. The van der Waals surface area contributed by atoms with Crippen LogP contribution in [0.25, 0.3) is 5.69 Å². The Morgan fingerprint density at radius 2 is 1.75 bits per heavy atom. The van der Waals surface area contributed by atoms with Gasteiger partial charge in [0.1, 0.15) is 0 Å². The number of rotatable bonds is 1. The summed E-state index contributed by atoms with van der Waals surface area (Å²) in [5.41, 5.74) is -0.0472. The Hall–Kier alpha value is -1.05. The SMILES string of the molecule is FC(F)(F)c1ccc(-n2cc(I)cn2)cc1. The van der Waals surface area contributed by atoms with E-state index in [1.807, 2.05) is 0 Å². The fourth-order valence-electron chi connectivity index (χ4n) is 1.25. The zero-order valence-corrected chi connectivity index (χ0v) is 10.0. The van der Waals surface area contributed by atoms with Crippen LogP contribution in [0.2, 0.25) is 0 Å². The number of benzene rings is 1. The van der Waals surface area contributed by atoms with Crippen molar-refractivity contribution >= 4 is 22.6 Å². The number of hydrogen-bond donors (Lipinski definition) is 0. The number of nitrogens with zero attached hydrogens (tertiary/aromatic N) is 2. The fraction of sp³-hybridized carbons (Fsp3) is 0.100. The molecule has 2 aromatic rings. The van der Waals surface area contributed by atoms with Crippen LogP contribution in [0.5, 0.6) is 0 Å². The highest BCUT2D eigenvalue weighted by atomic mass is 127. The van der Waals surface area contributed by atoms with Gasteiger partial charge in [0, 0.05) is 6.20 Å². The molecule has 16 heavy (non-hydrogen) atoms. The molecule has 0 fully saturated rings. The molecule has 0 aliphatic heterocycles. The van der Waals surface area contributed by atoms with Crippen LogP contribution in [0.15, 0.2) is 36.7 Å². The third kappa shape index (κ3) is 2.37. The fourth-order valence-corrected chi connectivity index (χ4v) is 1.63. The van der Waals surface area contributed by atoms with E-state index in [1.165, 1.54) is 16.8 Å². The van der Waals surface area contributed by atoms with Gasteiger partial charge in [-0.1, -0.05) is 0 Å². The van der Waals surface area contributed by atoms with Gasteiger partial charge in [-0.25, -0.2) is 4.68 Å². The molecule has 0 radical (unpaired) electrons. The van der Waals surface area contributed by atoms with Crippen LogP contribution in [-0.2, 0) is 6.18 Å². The van der Waals surface area contributed by atoms with Crippen LogP contribution < -0.4 is 0 Å². The Balaban J connectivity index is 2.33. The summed E-state index contributed by atoms with van der Waals surface area (Å²) in [5, 5.41) is 4.01. The second-order valence-corrected chi connectivity index (χ2v) is 4.39. The maximum absolute atomic E-state index is 12.3. The maximum atomic E-state index is 12.3. The van der Waals surface area contributed by atoms with Crippen LogP contribution in [0.3, 0.4) is 0 Å². The second kappa shape index (κ2) is 4.08. The minimum absolute atomic E-state index is 0.607. The highest BCUT2D eigenvalue weighted by Gasteiger charge is 2.29. The predicted molar refractivity (Wildman–Crippen MR) is 61.3 cm³/mol. The molecule has 6 heteroatoms. The lowest BCUT2D eigenvalue weighted by molar-refractivity contribution is -0.137. The van der Waals surface area contributed by atoms with Crippen LogP contribution in [-0.4, -0.2) is 9.78 Å². The smallest absolute Gasteiger partial charge is 0.240 e. The van der Waals surface area contributed by atoms with Crippen LogP contribution in [0, 0.1) is 3.57 Å². The van der Waals surface area contributed by atoms with Crippen LogP contribution in [0.4, 0.5) is 13.2 Å². The first kappa shape index (κ1) is 11.4. The van der Waals surface area contributed by atoms with Crippen molar-refractivity contribution in [3.05, 3.63) is 45.8 Å². The Bertz CT molecular complexity index is 488. The van der Waals surface area contributed by atoms with Crippen molar-refractivity contribution < 1.29 is 13.2 Å².